The molecule has 1 heterocycles. The Morgan fingerprint density at radius 1 is 1.03 bits per heavy atom. The highest BCUT2D eigenvalue weighted by Crippen LogP contribution is 2.51. The molecule has 2 amide bonds. The number of carbonyl (C=O) groups is 2. The number of carbonyl (C=O) groups excluding carboxylic acids is 2. The van der Waals surface area contributed by atoms with Crippen molar-refractivity contribution in [1.82, 2.24) is 9.66 Å². The van der Waals surface area contributed by atoms with E-state index in [0.29, 0.717) is 21.7 Å². The number of benzene rings is 2. The van der Waals surface area contributed by atoms with E-state index < -0.39 is 25.0 Å². The number of imide groups is 1. The third-order valence-corrected chi connectivity index (χ3v) is 7.14. The molecule has 11 heteroatoms. The fraction of sp³-hybridized carbons (Fsp3) is 0.304. The first-order valence-corrected chi connectivity index (χ1v) is 12.7. The summed E-state index contributed by atoms with van der Waals surface area (Å²) in [5.41, 5.74) is 0.861. The van der Waals surface area contributed by atoms with Gasteiger partial charge in [0.1, 0.15) is 0 Å². The van der Waals surface area contributed by atoms with E-state index in [1.165, 1.54) is 32.0 Å². The molecule has 0 unspecified atom stereocenters. The van der Waals surface area contributed by atoms with E-state index in [2.05, 4.69) is 4.98 Å². The molecule has 0 N–H and O–H groups in total. The number of amides is 2. The third kappa shape index (κ3) is 5.45. The Bertz CT molecular complexity index is 1320. The number of aromatic nitrogens is 2. The summed E-state index contributed by atoms with van der Waals surface area (Å²) in [7, 11) is -3.31. The zero-order valence-corrected chi connectivity index (χ0v) is 20.9. The summed E-state index contributed by atoms with van der Waals surface area (Å²) in [4.78, 5) is 42.5. The quantitative estimate of drug-likeness (QED) is 0.414. The highest BCUT2D eigenvalue weighted by atomic mass is 35.5. The normalized spacial score (nSPS) is 11.6. The average molecular weight is 506 g/mol. The van der Waals surface area contributed by atoms with Crippen LogP contribution < -0.4 is 10.6 Å². The van der Waals surface area contributed by atoms with Gasteiger partial charge in [-0.15, -0.1) is 0 Å². The molecule has 0 fully saturated rings. The molecule has 0 spiro atoms. The van der Waals surface area contributed by atoms with Crippen LogP contribution in [0.1, 0.15) is 33.3 Å². The Morgan fingerprint density at radius 2 is 1.62 bits per heavy atom. The van der Waals surface area contributed by atoms with Crippen molar-refractivity contribution in [3.63, 3.8) is 0 Å². The van der Waals surface area contributed by atoms with Crippen molar-refractivity contribution < 1.29 is 23.2 Å². The van der Waals surface area contributed by atoms with Crippen LogP contribution in [0, 0.1) is 0 Å². The number of fused-ring (bicyclic) bond motifs is 1. The first-order chi connectivity index (χ1) is 16.1. The van der Waals surface area contributed by atoms with Gasteiger partial charge in [-0.05, 0) is 37.6 Å². The molecular weight excluding hydrogens is 481 g/mol. The van der Waals surface area contributed by atoms with Gasteiger partial charge in [0.05, 0.1) is 30.3 Å². The Labute approximate surface area is 201 Å². The monoisotopic (exact) mass is 505 g/mol. The second-order valence-corrected chi connectivity index (χ2v) is 9.86. The molecule has 0 saturated heterocycles. The summed E-state index contributed by atoms with van der Waals surface area (Å²) in [6.45, 7) is 6.34. The largest absolute Gasteiger partial charge is 0.335 e. The SMILES string of the molecule is CCOP(=O)(Cc1ccc(-c2nc3cc(Cl)ccc3c(=O)n2N(C(C)=O)C(C)=O)cc1)OCC. The zero-order chi connectivity index (χ0) is 25.0. The molecule has 180 valence electrons. The number of hydrogen-bond acceptors (Lipinski definition) is 7. The van der Waals surface area contributed by atoms with Crippen LogP contribution in [-0.2, 0) is 29.4 Å². The Kier molecular flexibility index (Phi) is 8.05. The van der Waals surface area contributed by atoms with Gasteiger partial charge in [0.25, 0.3) is 5.56 Å². The number of hydrogen-bond donors (Lipinski definition) is 0. The Morgan fingerprint density at radius 3 is 2.15 bits per heavy atom. The van der Waals surface area contributed by atoms with Crippen LogP contribution in [0.5, 0.6) is 0 Å². The minimum Gasteiger partial charge on any atom is -0.309 e. The molecule has 1 aromatic heterocycles. The molecule has 9 nitrogen and oxygen atoms in total. The first-order valence-electron chi connectivity index (χ1n) is 10.6. The summed E-state index contributed by atoms with van der Waals surface area (Å²) in [5.74, 6) is -1.21. The second-order valence-electron chi connectivity index (χ2n) is 7.37. The van der Waals surface area contributed by atoms with E-state index in [9.17, 15) is 18.9 Å². The van der Waals surface area contributed by atoms with Gasteiger partial charge in [0, 0.05) is 24.4 Å². The molecular formula is C23H25ClN3O6P. The van der Waals surface area contributed by atoms with Gasteiger partial charge >= 0.3 is 7.60 Å². The molecule has 0 aliphatic carbocycles. The van der Waals surface area contributed by atoms with Crippen LogP contribution >= 0.6 is 19.2 Å². The minimum atomic E-state index is -3.31. The molecule has 0 bridgehead atoms. The lowest BCUT2D eigenvalue weighted by Gasteiger charge is -2.23. The van der Waals surface area contributed by atoms with E-state index >= 15 is 0 Å². The van der Waals surface area contributed by atoms with E-state index in [1.54, 1.807) is 38.1 Å². The predicted molar refractivity (Wildman–Crippen MR) is 131 cm³/mol. The van der Waals surface area contributed by atoms with E-state index in [4.69, 9.17) is 20.6 Å². The van der Waals surface area contributed by atoms with Gasteiger partial charge in [0.15, 0.2) is 5.82 Å². The summed E-state index contributed by atoms with van der Waals surface area (Å²) in [5, 5.41) is 1.33. The lowest BCUT2D eigenvalue weighted by molar-refractivity contribution is -0.126. The molecule has 3 rings (SSSR count). The van der Waals surface area contributed by atoms with Crippen molar-refractivity contribution in [2.45, 2.75) is 33.9 Å². The minimum absolute atomic E-state index is 0.0650. The average Bonchev–Trinajstić information content (AvgIpc) is 2.75. The summed E-state index contributed by atoms with van der Waals surface area (Å²) >= 11 is 6.09. The van der Waals surface area contributed by atoms with Crippen molar-refractivity contribution in [3.8, 4) is 11.4 Å². The third-order valence-electron chi connectivity index (χ3n) is 4.85. The molecule has 0 radical (unpaired) electrons. The maximum Gasteiger partial charge on any atom is 0.335 e. The fourth-order valence-electron chi connectivity index (χ4n) is 3.53. The standard InChI is InChI=1S/C23H25ClN3O6P/c1-5-32-34(31,33-6-2)14-17-7-9-18(10-8-17)22-25-21-13-19(24)11-12-20(21)23(30)27(22)26(15(3)28)16(4)29/h7-13H,5-6,14H2,1-4H3. The van der Waals surface area contributed by atoms with Crippen LogP contribution in [0.25, 0.3) is 22.3 Å². The summed E-state index contributed by atoms with van der Waals surface area (Å²) in [6, 6.07) is 11.3. The first kappa shape index (κ1) is 25.8. The van der Waals surface area contributed by atoms with Gasteiger partial charge in [-0.3, -0.25) is 18.9 Å². The van der Waals surface area contributed by atoms with Gasteiger partial charge in [0.2, 0.25) is 11.8 Å². The van der Waals surface area contributed by atoms with Crippen LogP contribution in [0.15, 0.2) is 47.3 Å². The summed E-state index contributed by atoms with van der Waals surface area (Å²) < 4.78 is 24.5. The van der Waals surface area contributed by atoms with Crippen molar-refractivity contribution in [3.05, 3.63) is 63.4 Å². The maximum atomic E-state index is 13.3. The molecule has 34 heavy (non-hydrogen) atoms. The zero-order valence-electron chi connectivity index (χ0n) is 19.3. The number of nitrogens with zero attached hydrogens (tertiary/aromatic N) is 3. The van der Waals surface area contributed by atoms with E-state index in [1.807, 2.05) is 0 Å². The molecule has 0 atom stereocenters. The van der Waals surface area contributed by atoms with Crippen molar-refractivity contribution in [2.24, 2.45) is 0 Å². The Hall–Kier alpha value is -2.84. The molecule has 2 aromatic carbocycles. The fourth-order valence-corrected chi connectivity index (χ4v) is 5.40. The summed E-state index contributed by atoms with van der Waals surface area (Å²) in [6.07, 6.45) is 0.0650. The van der Waals surface area contributed by atoms with Crippen molar-refractivity contribution in [2.75, 3.05) is 18.2 Å². The Balaban J connectivity index is 2.17. The van der Waals surface area contributed by atoms with Crippen molar-refractivity contribution in [1.29, 1.82) is 0 Å². The van der Waals surface area contributed by atoms with Crippen LogP contribution in [0.2, 0.25) is 5.02 Å². The van der Waals surface area contributed by atoms with Crippen LogP contribution in [0.4, 0.5) is 0 Å². The number of halogens is 1. The van der Waals surface area contributed by atoms with Gasteiger partial charge in [-0.25, -0.2) is 4.98 Å². The van der Waals surface area contributed by atoms with Gasteiger partial charge in [-0.1, -0.05) is 35.9 Å². The lowest BCUT2D eigenvalue weighted by Crippen LogP contribution is -2.49. The smallest absolute Gasteiger partial charge is 0.309 e. The predicted octanol–water partition coefficient (Wildman–Crippen LogP) is 4.51. The van der Waals surface area contributed by atoms with Crippen LogP contribution in [-0.4, -0.2) is 34.7 Å². The topological polar surface area (TPSA) is 108 Å². The lowest BCUT2D eigenvalue weighted by atomic mass is 10.1. The molecule has 0 saturated carbocycles. The highest BCUT2D eigenvalue weighted by Gasteiger charge is 2.26. The van der Waals surface area contributed by atoms with E-state index in [-0.39, 0.29) is 30.6 Å². The van der Waals surface area contributed by atoms with Gasteiger partial charge in [-0.2, -0.15) is 9.69 Å². The number of rotatable bonds is 8. The van der Waals surface area contributed by atoms with Crippen molar-refractivity contribution >= 4 is 41.9 Å². The molecule has 0 aliphatic rings. The second kappa shape index (κ2) is 10.6. The molecule has 0 aliphatic heterocycles. The maximum absolute atomic E-state index is 13.3. The van der Waals surface area contributed by atoms with E-state index in [0.717, 1.165) is 9.69 Å². The van der Waals surface area contributed by atoms with Gasteiger partial charge < -0.3 is 9.05 Å². The molecule has 3 aromatic rings. The highest BCUT2D eigenvalue weighted by molar-refractivity contribution is 7.53. The van der Waals surface area contributed by atoms with Crippen LogP contribution in [0.3, 0.4) is 0 Å².